The number of hydrazone groups is 1. The normalized spacial score (nSPS) is 23.0. The molecule has 3 rings (SSSR count). The van der Waals surface area contributed by atoms with Crippen molar-refractivity contribution >= 4 is 52.3 Å². The van der Waals surface area contributed by atoms with Crippen LogP contribution in [0.1, 0.15) is 0 Å². The summed E-state index contributed by atoms with van der Waals surface area (Å²) < 4.78 is 0. The number of anilines is 1. The smallest absolute Gasteiger partial charge is 0.267 e. The fourth-order valence-corrected chi connectivity index (χ4v) is 3.60. The summed E-state index contributed by atoms with van der Waals surface area (Å²) in [5.74, 6) is 0.859. The summed E-state index contributed by atoms with van der Waals surface area (Å²) in [6.45, 7) is 0. The molecule has 4 N–H and O–H groups in total. The summed E-state index contributed by atoms with van der Waals surface area (Å²) in [7, 11) is 0. The van der Waals surface area contributed by atoms with Crippen LogP contribution in [0.4, 0.5) is 5.69 Å². The molecule has 0 radical (unpaired) electrons. The van der Waals surface area contributed by atoms with E-state index in [0.29, 0.717) is 15.7 Å². The zero-order chi connectivity index (χ0) is 14.8. The molecule has 2 aliphatic heterocycles. The highest BCUT2D eigenvalue weighted by Gasteiger charge is 2.41. The lowest BCUT2D eigenvalue weighted by molar-refractivity contribution is -0.518. The Morgan fingerprint density at radius 3 is 3.10 bits per heavy atom. The third kappa shape index (κ3) is 3.12. The van der Waals surface area contributed by atoms with E-state index in [9.17, 15) is 4.79 Å². The third-order valence-electron chi connectivity index (χ3n) is 3.33. The highest BCUT2D eigenvalue weighted by molar-refractivity contribution is 8.02. The number of rotatable bonds is 3. The second kappa shape index (κ2) is 6.17. The van der Waals surface area contributed by atoms with Gasteiger partial charge in [-0.1, -0.05) is 23.2 Å². The van der Waals surface area contributed by atoms with Crippen LogP contribution >= 0.6 is 35.0 Å². The topological polar surface area (TPSA) is 67.1 Å². The van der Waals surface area contributed by atoms with Crippen molar-refractivity contribution < 1.29 is 9.90 Å². The lowest BCUT2D eigenvalue weighted by Gasteiger charge is -2.17. The average molecular weight is 344 g/mol. The van der Waals surface area contributed by atoms with Gasteiger partial charge >= 0.3 is 0 Å². The highest BCUT2D eigenvalue weighted by atomic mass is 35.5. The van der Waals surface area contributed by atoms with Gasteiger partial charge in [-0.2, -0.15) is 5.43 Å². The minimum atomic E-state index is -0.323. The van der Waals surface area contributed by atoms with Gasteiger partial charge in [0, 0.05) is 16.9 Å². The lowest BCUT2D eigenvalue weighted by Crippen LogP contribution is -2.81. The Morgan fingerprint density at radius 1 is 1.43 bits per heavy atom. The molecule has 0 aliphatic carbocycles. The Bertz CT molecular complexity index is 635. The van der Waals surface area contributed by atoms with Crippen LogP contribution in [0, 0.1) is 5.92 Å². The molecule has 110 valence electrons. The van der Waals surface area contributed by atoms with Crippen LogP contribution in [0.2, 0.25) is 10.0 Å². The molecule has 1 amide bonds. The van der Waals surface area contributed by atoms with Crippen LogP contribution in [-0.4, -0.2) is 23.4 Å². The van der Waals surface area contributed by atoms with Crippen molar-refractivity contribution in [3.05, 3.63) is 39.7 Å². The van der Waals surface area contributed by atoms with Gasteiger partial charge in [-0.05, 0) is 23.6 Å². The van der Waals surface area contributed by atoms with Crippen LogP contribution in [0.3, 0.4) is 0 Å². The minimum Gasteiger partial charge on any atom is -0.297 e. The number of hydrogen-bond donors (Lipinski definition) is 4. The molecule has 0 saturated heterocycles. The molecule has 21 heavy (non-hydrogen) atoms. The fraction of sp³-hybridized carbons (Fsp3) is 0.231. The summed E-state index contributed by atoms with van der Waals surface area (Å²) >= 11 is 13.6. The van der Waals surface area contributed by atoms with E-state index in [-0.39, 0.29) is 17.9 Å². The van der Waals surface area contributed by atoms with Gasteiger partial charge in [-0.3, -0.25) is 15.6 Å². The molecule has 5 nitrogen and oxygen atoms in total. The second-order valence-corrected chi connectivity index (χ2v) is 6.47. The van der Waals surface area contributed by atoms with Crippen LogP contribution in [0.5, 0.6) is 0 Å². The molecule has 0 aromatic heterocycles. The number of halogens is 2. The number of hydrazine groups is 2. The number of benzene rings is 1. The molecule has 2 aliphatic rings. The van der Waals surface area contributed by atoms with Crippen molar-refractivity contribution in [2.24, 2.45) is 5.92 Å². The van der Waals surface area contributed by atoms with Crippen molar-refractivity contribution in [1.29, 1.82) is 0 Å². The molecule has 2 atom stereocenters. The standard InChI is InChI=1S/C13H12Cl2N4OS/c14-7-1-2-11(9(15)5-7)17-19-13(20)12-8-6-21-4-3-10(8)16-18-12/h1-5,8,12,17-18H,6H2,(H,19,20)/p+1. The number of thioether (sulfide) groups is 1. The number of hydrogen-bond acceptors (Lipinski definition) is 4. The first-order valence-electron chi connectivity index (χ1n) is 6.32. The zero-order valence-electron chi connectivity index (χ0n) is 10.8. The Morgan fingerprint density at radius 2 is 2.29 bits per heavy atom. The van der Waals surface area contributed by atoms with E-state index in [1.165, 1.54) is 0 Å². The van der Waals surface area contributed by atoms with Crippen molar-refractivity contribution in [3.63, 3.8) is 0 Å². The van der Waals surface area contributed by atoms with Crippen molar-refractivity contribution in [3.8, 4) is 0 Å². The minimum absolute atomic E-state index is 0.141. The summed E-state index contributed by atoms with van der Waals surface area (Å²) in [6.07, 6.45) is 1.99. The van der Waals surface area contributed by atoms with Gasteiger partial charge in [0.2, 0.25) is 5.71 Å². The van der Waals surface area contributed by atoms with Gasteiger partial charge in [-0.25, -0.2) is 0 Å². The molecule has 1 aromatic carbocycles. The Hall–Kier alpha value is -1.37. The average Bonchev–Trinajstić information content (AvgIpc) is 2.90. The first kappa shape index (κ1) is 14.6. The third-order valence-corrected chi connectivity index (χ3v) is 4.76. The first-order valence-corrected chi connectivity index (χ1v) is 8.13. The SMILES string of the molecule is O=C(NNc1ccc(Cl)cc1Cl)C1N[NH+]=C2C=CSCC21. The van der Waals surface area contributed by atoms with Gasteiger partial charge in [0.1, 0.15) is 0 Å². The van der Waals surface area contributed by atoms with E-state index in [1.54, 1.807) is 30.0 Å². The predicted molar refractivity (Wildman–Crippen MR) is 86.2 cm³/mol. The van der Waals surface area contributed by atoms with Crippen LogP contribution in [0.25, 0.3) is 0 Å². The number of nitrogens with one attached hydrogen (secondary N) is 4. The highest BCUT2D eigenvalue weighted by Crippen LogP contribution is 2.25. The number of carbonyl (C=O) groups excluding carboxylic acids is 1. The summed E-state index contributed by atoms with van der Waals surface area (Å²) in [4.78, 5) is 12.3. The van der Waals surface area contributed by atoms with Gasteiger partial charge in [0.15, 0.2) is 6.04 Å². The number of fused-ring (bicyclic) bond motifs is 1. The van der Waals surface area contributed by atoms with Crippen LogP contribution in [0.15, 0.2) is 29.7 Å². The zero-order valence-corrected chi connectivity index (χ0v) is 13.1. The van der Waals surface area contributed by atoms with Crippen LogP contribution < -0.4 is 21.4 Å². The van der Waals surface area contributed by atoms with E-state index in [2.05, 4.69) is 21.4 Å². The first-order chi connectivity index (χ1) is 10.1. The molecular formula is C13H13Cl2N4OS+. The Balaban J connectivity index is 1.61. The molecular weight excluding hydrogens is 331 g/mol. The summed E-state index contributed by atoms with van der Waals surface area (Å²) in [6, 6.07) is 4.70. The monoisotopic (exact) mass is 343 g/mol. The van der Waals surface area contributed by atoms with E-state index >= 15 is 0 Å². The van der Waals surface area contributed by atoms with Crippen molar-refractivity contribution in [2.45, 2.75) is 6.04 Å². The van der Waals surface area contributed by atoms with Gasteiger partial charge in [-0.15, -0.1) is 16.9 Å². The summed E-state index contributed by atoms with van der Waals surface area (Å²) in [5.41, 5.74) is 10.1. The van der Waals surface area contributed by atoms with Crippen molar-refractivity contribution in [1.82, 2.24) is 10.9 Å². The number of carbonyl (C=O) groups is 1. The van der Waals surface area contributed by atoms with Crippen molar-refractivity contribution in [2.75, 3.05) is 11.2 Å². The molecule has 0 saturated carbocycles. The maximum atomic E-state index is 12.3. The van der Waals surface area contributed by atoms with E-state index < -0.39 is 0 Å². The fourth-order valence-electron chi connectivity index (χ4n) is 2.21. The predicted octanol–water partition coefficient (Wildman–Crippen LogP) is 0.722. The maximum Gasteiger partial charge on any atom is 0.267 e. The van der Waals surface area contributed by atoms with Crippen LogP contribution in [-0.2, 0) is 4.79 Å². The largest absolute Gasteiger partial charge is 0.297 e. The summed E-state index contributed by atoms with van der Waals surface area (Å²) in [5, 5.41) is 6.05. The molecule has 2 unspecified atom stereocenters. The molecule has 0 bridgehead atoms. The Kier molecular flexibility index (Phi) is 4.28. The molecule has 0 spiro atoms. The van der Waals surface area contributed by atoms with Gasteiger partial charge in [0.05, 0.1) is 16.6 Å². The lowest BCUT2D eigenvalue weighted by atomic mass is 9.97. The molecule has 8 heteroatoms. The molecule has 2 heterocycles. The second-order valence-electron chi connectivity index (χ2n) is 4.68. The molecule has 0 fully saturated rings. The number of amides is 1. The van der Waals surface area contributed by atoms with E-state index in [4.69, 9.17) is 23.2 Å². The van der Waals surface area contributed by atoms with Gasteiger partial charge < -0.3 is 0 Å². The maximum absolute atomic E-state index is 12.3. The van der Waals surface area contributed by atoms with E-state index in [1.807, 2.05) is 11.5 Å². The number of allylic oxidation sites excluding steroid dienone is 1. The molecule has 1 aromatic rings. The van der Waals surface area contributed by atoms with E-state index in [0.717, 1.165) is 11.5 Å². The Labute approximate surface area is 136 Å². The quantitative estimate of drug-likeness (QED) is 0.610. The van der Waals surface area contributed by atoms with Gasteiger partial charge in [0.25, 0.3) is 5.91 Å².